The molecular formula is C21H22ClN3O3. The van der Waals surface area contributed by atoms with Crippen molar-refractivity contribution in [3.8, 4) is 0 Å². The lowest BCUT2D eigenvalue weighted by molar-refractivity contribution is -0.440. The number of carbonyl (C=O) groups excluding carboxylic acids is 1. The van der Waals surface area contributed by atoms with Gasteiger partial charge in [0.25, 0.3) is 0 Å². The van der Waals surface area contributed by atoms with Crippen molar-refractivity contribution in [3.05, 3.63) is 69.9 Å². The van der Waals surface area contributed by atoms with Gasteiger partial charge in [-0.3, -0.25) is 4.79 Å². The van der Waals surface area contributed by atoms with Crippen LogP contribution in [-0.4, -0.2) is 53.9 Å². The van der Waals surface area contributed by atoms with Crippen molar-refractivity contribution in [2.24, 2.45) is 4.99 Å². The highest BCUT2D eigenvalue weighted by Gasteiger charge is 2.26. The highest BCUT2D eigenvalue weighted by molar-refractivity contribution is 6.31. The number of fused-ring (bicyclic) bond motifs is 1. The first-order chi connectivity index (χ1) is 13.5. The smallest absolute Gasteiger partial charge is 0.307 e. The van der Waals surface area contributed by atoms with E-state index >= 15 is 0 Å². The molecule has 28 heavy (non-hydrogen) atoms. The normalized spacial score (nSPS) is 13.5. The number of amidine groups is 1. The predicted octanol–water partition coefficient (Wildman–Crippen LogP) is 3.62. The number of hydrogen-bond donors (Lipinski definition) is 0. The molecule has 0 fully saturated rings. The van der Waals surface area contributed by atoms with Gasteiger partial charge in [0.15, 0.2) is 5.84 Å². The Bertz CT molecular complexity index is 926. The van der Waals surface area contributed by atoms with Gasteiger partial charge in [-0.05, 0) is 37.3 Å². The molecule has 0 N–H and O–H groups in total. The summed E-state index contributed by atoms with van der Waals surface area (Å²) in [6, 6.07) is 14.8. The van der Waals surface area contributed by atoms with Crippen LogP contribution in [0.1, 0.15) is 24.5 Å². The van der Waals surface area contributed by atoms with Gasteiger partial charge in [0.05, 0.1) is 24.3 Å². The molecule has 2 aromatic rings. The van der Waals surface area contributed by atoms with Crippen LogP contribution in [-0.2, 0) is 9.53 Å². The van der Waals surface area contributed by atoms with E-state index in [4.69, 9.17) is 21.3 Å². The van der Waals surface area contributed by atoms with Crippen LogP contribution in [0.3, 0.4) is 0 Å². The molecule has 7 heteroatoms. The largest absolute Gasteiger partial charge is 0.623 e. The molecule has 0 unspecified atom stereocenters. The van der Waals surface area contributed by atoms with E-state index in [0.717, 1.165) is 10.3 Å². The van der Waals surface area contributed by atoms with Crippen LogP contribution in [0.15, 0.2) is 53.5 Å². The molecule has 0 aromatic heterocycles. The highest BCUT2D eigenvalue weighted by Crippen LogP contribution is 2.28. The molecule has 2 aromatic carbocycles. The second-order valence-electron chi connectivity index (χ2n) is 6.42. The maximum absolute atomic E-state index is 13.1. The summed E-state index contributed by atoms with van der Waals surface area (Å²) in [5.74, 6) is 0.306. The summed E-state index contributed by atoms with van der Waals surface area (Å²) in [7, 11) is 1.81. The molecule has 0 amide bonds. The average Bonchev–Trinajstić information content (AvgIpc) is 2.82. The number of aliphatic imine (C=N–C) groups is 1. The SMILES string of the molecule is CCOC(=O)CCN(C)C1=Nc2ccc(Cl)cc2C(c2ccccc2)=[N+]([O-])C1. The number of carbonyl (C=O) groups is 1. The molecular weight excluding hydrogens is 378 g/mol. The summed E-state index contributed by atoms with van der Waals surface area (Å²) in [6.07, 6.45) is 0.227. The van der Waals surface area contributed by atoms with Crippen molar-refractivity contribution in [1.82, 2.24) is 4.90 Å². The first-order valence-corrected chi connectivity index (χ1v) is 9.48. The second-order valence-corrected chi connectivity index (χ2v) is 6.85. The number of benzene rings is 2. The lowest BCUT2D eigenvalue weighted by Crippen LogP contribution is -2.35. The number of rotatable bonds is 5. The molecule has 146 valence electrons. The molecule has 0 atom stereocenters. The monoisotopic (exact) mass is 399 g/mol. The Hall–Kier alpha value is -2.86. The summed E-state index contributed by atoms with van der Waals surface area (Å²) < 4.78 is 5.90. The number of ether oxygens (including phenoxy) is 1. The fourth-order valence-corrected chi connectivity index (χ4v) is 3.21. The molecule has 0 bridgehead atoms. The minimum Gasteiger partial charge on any atom is -0.623 e. The Labute approximate surface area is 169 Å². The zero-order valence-corrected chi connectivity index (χ0v) is 16.6. The Kier molecular flexibility index (Phi) is 6.31. The summed E-state index contributed by atoms with van der Waals surface area (Å²) >= 11 is 6.20. The van der Waals surface area contributed by atoms with Gasteiger partial charge in [0.1, 0.15) is 0 Å². The van der Waals surface area contributed by atoms with Crippen LogP contribution >= 0.6 is 11.6 Å². The number of halogens is 1. The van der Waals surface area contributed by atoms with Crippen molar-refractivity contribution in [2.75, 3.05) is 26.7 Å². The van der Waals surface area contributed by atoms with E-state index in [1.807, 2.05) is 42.3 Å². The molecule has 1 aliphatic heterocycles. The summed E-state index contributed by atoms with van der Waals surface area (Å²) in [5, 5.41) is 13.6. The van der Waals surface area contributed by atoms with Crippen LogP contribution < -0.4 is 0 Å². The van der Waals surface area contributed by atoms with E-state index in [9.17, 15) is 10.0 Å². The molecule has 0 radical (unpaired) electrons. The van der Waals surface area contributed by atoms with E-state index in [2.05, 4.69) is 0 Å². The van der Waals surface area contributed by atoms with Crippen LogP contribution in [0.2, 0.25) is 5.02 Å². The van der Waals surface area contributed by atoms with Crippen LogP contribution in [0.4, 0.5) is 5.69 Å². The Morgan fingerprint density at radius 2 is 2.04 bits per heavy atom. The van der Waals surface area contributed by atoms with E-state index in [-0.39, 0.29) is 18.9 Å². The number of hydroxylamine groups is 1. The molecule has 0 aliphatic carbocycles. The minimum absolute atomic E-state index is 0.0653. The maximum atomic E-state index is 13.1. The third-order valence-electron chi connectivity index (χ3n) is 4.44. The summed E-state index contributed by atoms with van der Waals surface area (Å²) in [5.41, 5.74) is 2.67. The Morgan fingerprint density at radius 1 is 1.29 bits per heavy atom. The maximum Gasteiger partial charge on any atom is 0.307 e. The zero-order chi connectivity index (χ0) is 20.1. The highest BCUT2D eigenvalue weighted by atomic mass is 35.5. The van der Waals surface area contributed by atoms with Crippen molar-refractivity contribution >= 4 is 34.8 Å². The molecule has 0 spiro atoms. The molecule has 3 rings (SSSR count). The lowest BCUT2D eigenvalue weighted by Gasteiger charge is -2.19. The number of likely N-dealkylation sites (N-methyl/N-ethyl adjacent to an activating group) is 1. The predicted molar refractivity (Wildman–Crippen MR) is 111 cm³/mol. The Balaban J connectivity index is 1.97. The van der Waals surface area contributed by atoms with Gasteiger partial charge in [-0.1, -0.05) is 29.8 Å². The molecule has 1 heterocycles. The first-order valence-electron chi connectivity index (χ1n) is 9.11. The van der Waals surface area contributed by atoms with E-state index in [1.54, 1.807) is 25.1 Å². The van der Waals surface area contributed by atoms with E-state index < -0.39 is 0 Å². The topological polar surface area (TPSA) is 68.0 Å². The van der Waals surface area contributed by atoms with Gasteiger partial charge in [-0.2, -0.15) is 4.74 Å². The van der Waals surface area contributed by atoms with Crippen molar-refractivity contribution in [3.63, 3.8) is 0 Å². The molecule has 0 saturated heterocycles. The fraction of sp³-hybridized carbons (Fsp3) is 0.286. The first kappa shape index (κ1) is 19.9. The second kappa shape index (κ2) is 8.89. The Morgan fingerprint density at radius 3 is 2.75 bits per heavy atom. The molecule has 0 saturated carbocycles. The third-order valence-corrected chi connectivity index (χ3v) is 4.68. The minimum atomic E-state index is -0.272. The van der Waals surface area contributed by atoms with Gasteiger partial charge < -0.3 is 14.8 Å². The van der Waals surface area contributed by atoms with E-state index in [1.165, 1.54) is 0 Å². The van der Waals surface area contributed by atoms with Crippen molar-refractivity contribution in [2.45, 2.75) is 13.3 Å². The number of esters is 1. The third kappa shape index (κ3) is 4.51. The summed E-state index contributed by atoms with van der Waals surface area (Å²) in [4.78, 5) is 18.2. The average molecular weight is 400 g/mol. The van der Waals surface area contributed by atoms with Crippen LogP contribution in [0, 0.1) is 5.21 Å². The number of nitrogens with zero attached hydrogens (tertiary/aromatic N) is 3. The fourth-order valence-electron chi connectivity index (χ4n) is 3.03. The van der Waals surface area contributed by atoms with Crippen LogP contribution in [0.5, 0.6) is 0 Å². The standard InChI is InChI=1S/C21H22ClN3O3/c1-3-28-20(26)11-12-24(2)19-14-25(27)21(15-7-5-4-6-8-15)17-13-16(22)9-10-18(17)23-19/h4-10,13H,3,11-12,14H2,1-2H3. The van der Waals surface area contributed by atoms with Gasteiger partial charge in [-0.25, -0.2) is 4.99 Å². The van der Waals surface area contributed by atoms with Gasteiger partial charge in [-0.15, -0.1) is 0 Å². The van der Waals surface area contributed by atoms with Gasteiger partial charge in [0.2, 0.25) is 12.3 Å². The van der Waals surface area contributed by atoms with E-state index in [0.29, 0.717) is 41.0 Å². The van der Waals surface area contributed by atoms with Crippen molar-refractivity contribution < 1.29 is 14.3 Å². The van der Waals surface area contributed by atoms with Crippen molar-refractivity contribution in [1.29, 1.82) is 0 Å². The molecule has 6 nitrogen and oxygen atoms in total. The quantitative estimate of drug-likeness (QED) is 0.437. The lowest BCUT2D eigenvalue weighted by atomic mass is 10.0. The summed E-state index contributed by atoms with van der Waals surface area (Å²) in [6.45, 7) is 2.60. The van der Waals surface area contributed by atoms with Gasteiger partial charge >= 0.3 is 5.97 Å². The zero-order valence-electron chi connectivity index (χ0n) is 15.9. The number of hydrogen-bond acceptors (Lipinski definition) is 5. The molecule has 1 aliphatic rings. The van der Waals surface area contributed by atoms with Crippen LogP contribution in [0.25, 0.3) is 0 Å². The van der Waals surface area contributed by atoms with Gasteiger partial charge in [0, 0.05) is 24.2 Å².